The summed E-state index contributed by atoms with van der Waals surface area (Å²) in [7, 11) is 0. The van der Waals surface area contributed by atoms with Crippen molar-refractivity contribution < 1.29 is 9.90 Å². The number of carbonyl (C=O) groups excluding carboxylic acids is 1. The summed E-state index contributed by atoms with van der Waals surface area (Å²) in [6, 6.07) is -0.0739. The van der Waals surface area contributed by atoms with Gasteiger partial charge in [-0.15, -0.1) is 0 Å². The smallest absolute Gasteiger partial charge is 0.147 e. The maximum absolute atomic E-state index is 10.4. The summed E-state index contributed by atoms with van der Waals surface area (Å²) in [4.78, 5) is 10.4. The highest BCUT2D eigenvalue weighted by molar-refractivity contribution is 5.54. The molecule has 68 valence electrons. The number of nitrogens with one attached hydrogen (secondary N) is 2. The van der Waals surface area contributed by atoms with E-state index in [1.807, 2.05) is 12.9 Å². The van der Waals surface area contributed by atoms with Crippen molar-refractivity contribution in [2.75, 3.05) is 6.54 Å². The van der Waals surface area contributed by atoms with Gasteiger partial charge < -0.3 is 15.7 Å². The summed E-state index contributed by atoms with van der Waals surface area (Å²) in [5.41, 5.74) is 0.493. The molecule has 0 aliphatic carbocycles. The highest BCUT2D eigenvalue weighted by Crippen LogP contribution is 2.04. The second-order valence-corrected chi connectivity index (χ2v) is 3.14. The lowest BCUT2D eigenvalue weighted by atomic mass is 10.1. The molecule has 1 aliphatic heterocycles. The van der Waals surface area contributed by atoms with Gasteiger partial charge in [-0.1, -0.05) is 0 Å². The Balaban J connectivity index is 2.62. The Morgan fingerprint density at radius 1 is 1.75 bits per heavy atom. The van der Waals surface area contributed by atoms with E-state index in [1.165, 1.54) is 0 Å². The van der Waals surface area contributed by atoms with Gasteiger partial charge in [0.2, 0.25) is 0 Å². The molecule has 4 nitrogen and oxygen atoms in total. The van der Waals surface area contributed by atoms with Crippen molar-refractivity contribution in [3.05, 3.63) is 5.70 Å². The quantitative estimate of drug-likeness (QED) is 0.443. The van der Waals surface area contributed by atoms with E-state index in [-0.39, 0.29) is 12.1 Å². The van der Waals surface area contributed by atoms with Gasteiger partial charge in [-0.3, -0.25) is 0 Å². The van der Waals surface area contributed by atoms with Crippen LogP contribution in [-0.4, -0.2) is 35.8 Å². The fourth-order valence-electron chi connectivity index (χ4n) is 1.19. The second-order valence-electron chi connectivity index (χ2n) is 3.14. The molecular weight excluding hydrogens is 156 g/mol. The number of hydrogen-bond donors (Lipinski definition) is 3. The molecule has 0 radical (unpaired) electrons. The molecule has 3 unspecified atom stereocenters. The lowest BCUT2D eigenvalue weighted by Gasteiger charge is -2.31. The SMILES string of the molecule is CC1NCC(C(C)O)NC1=C=O. The number of aliphatic hydroxyl groups excluding tert-OH is 1. The third-order valence-electron chi connectivity index (χ3n) is 2.11. The Labute approximate surface area is 71.7 Å². The van der Waals surface area contributed by atoms with Gasteiger partial charge in [0.05, 0.1) is 18.2 Å². The van der Waals surface area contributed by atoms with Crippen molar-refractivity contribution >= 4 is 5.94 Å². The Morgan fingerprint density at radius 2 is 2.42 bits per heavy atom. The number of rotatable bonds is 1. The summed E-state index contributed by atoms with van der Waals surface area (Å²) in [6.07, 6.45) is -0.464. The molecular formula is C8H14N2O2. The molecule has 1 heterocycles. The third kappa shape index (κ3) is 1.85. The van der Waals surface area contributed by atoms with Gasteiger partial charge >= 0.3 is 0 Å². The molecule has 3 atom stereocenters. The lowest BCUT2D eigenvalue weighted by molar-refractivity contribution is 0.139. The molecule has 3 N–H and O–H groups in total. The van der Waals surface area contributed by atoms with Crippen LogP contribution in [0.15, 0.2) is 5.70 Å². The van der Waals surface area contributed by atoms with E-state index >= 15 is 0 Å². The monoisotopic (exact) mass is 170 g/mol. The summed E-state index contributed by atoms with van der Waals surface area (Å²) in [5.74, 6) is 1.82. The summed E-state index contributed by atoms with van der Waals surface area (Å²) in [5, 5.41) is 15.3. The van der Waals surface area contributed by atoms with Crippen LogP contribution in [0.1, 0.15) is 13.8 Å². The fraction of sp³-hybridized carbons (Fsp3) is 0.750. The van der Waals surface area contributed by atoms with Gasteiger partial charge in [0, 0.05) is 6.54 Å². The van der Waals surface area contributed by atoms with Crippen molar-refractivity contribution in [3.63, 3.8) is 0 Å². The van der Waals surface area contributed by atoms with Crippen molar-refractivity contribution in [1.29, 1.82) is 0 Å². The first-order valence-corrected chi connectivity index (χ1v) is 4.08. The minimum atomic E-state index is -0.464. The molecule has 4 heteroatoms. The minimum Gasteiger partial charge on any atom is -0.391 e. The van der Waals surface area contributed by atoms with E-state index in [0.717, 1.165) is 0 Å². The van der Waals surface area contributed by atoms with Crippen LogP contribution >= 0.6 is 0 Å². The molecule has 1 saturated heterocycles. The van der Waals surface area contributed by atoms with Crippen molar-refractivity contribution in [2.45, 2.75) is 32.0 Å². The Hall–Kier alpha value is -0.830. The van der Waals surface area contributed by atoms with Gasteiger partial charge in [0.25, 0.3) is 0 Å². The fourth-order valence-corrected chi connectivity index (χ4v) is 1.19. The molecule has 0 bridgehead atoms. The second kappa shape index (κ2) is 3.72. The standard InChI is InChI=1S/C8H14N2O2/c1-5-8(4-11)10-7(3-9-5)6(2)12/h5-7,9-10,12H,3H2,1-2H3. The summed E-state index contributed by atoms with van der Waals surface area (Å²) in [6.45, 7) is 4.24. The molecule has 1 rings (SSSR count). The average Bonchev–Trinajstić information content (AvgIpc) is 2.05. The van der Waals surface area contributed by atoms with E-state index in [4.69, 9.17) is 0 Å². The first kappa shape index (κ1) is 9.26. The average molecular weight is 170 g/mol. The van der Waals surface area contributed by atoms with E-state index in [9.17, 15) is 9.90 Å². The third-order valence-corrected chi connectivity index (χ3v) is 2.11. The predicted octanol–water partition coefficient (Wildman–Crippen LogP) is -0.967. The Kier molecular flexibility index (Phi) is 2.87. The zero-order chi connectivity index (χ0) is 9.14. The number of piperazine rings is 1. The molecule has 12 heavy (non-hydrogen) atoms. The first-order valence-electron chi connectivity index (χ1n) is 4.08. The molecule has 0 aromatic heterocycles. The van der Waals surface area contributed by atoms with Gasteiger partial charge in [0.1, 0.15) is 11.6 Å². The molecule has 0 amide bonds. The van der Waals surface area contributed by atoms with Gasteiger partial charge in [-0.2, -0.15) is 0 Å². The van der Waals surface area contributed by atoms with E-state index in [0.29, 0.717) is 12.2 Å². The van der Waals surface area contributed by atoms with Crippen molar-refractivity contribution in [1.82, 2.24) is 10.6 Å². The molecule has 0 spiro atoms. The molecule has 1 fully saturated rings. The molecule has 0 aromatic rings. The van der Waals surface area contributed by atoms with Crippen molar-refractivity contribution in [2.24, 2.45) is 0 Å². The van der Waals surface area contributed by atoms with Crippen LogP contribution in [0, 0.1) is 0 Å². The summed E-state index contributed by atoms with van der Waals surface area (Å²) < 4.78 is 0. The zero-order valence-electron chi connectivity index (χ0n) is 7.29. The van der Waals surface area contributed by atoms with Gasteiger partial charge in [-0.05, 0) is 13.8 Å². The maximum atomic E-state index is 10.4. The summed E-state index contributed by atoms with van der Waals surface area (Å²) >= 11 is 0. The van der Waals surface area contributed by atoms with Crippen LogP contribution in [0.5, 0.6) is 0 Å². The Bertz CT molecular complexity index is 209. The van der Waals surface area contributed by atoms with Crippen LogP contribution in [-0.2, 0) is 4.79 Å². The highest BCUT2D eigenvalue weighted by atomic mass is 16.3. The van der Waals surface area contributed by atoms with Crippen LogP contribution in [0.25, 0.3) is 0 Å². The highest BCUT2D eigenvalue weighted by Gasteiger charge is 2.24. The normalized spacial score (nSPS) is 32.1. The number of hydrogen-bond acceptors (Lipinski definition) is 4. The van der Waals surface area contributed by atoms with Crippen LogP contribution in [0.4, 0.5) is 0 Å². The topological polar surface area (TPSA) is 61.4 Å². The van der Waals surface area contributed by atoms with E-state index in [2.05, 4.69) is 10.6 Å². The van der Waals surface area contributed by atoms with Crippen LogP contribution < -0.4 is 10.6 Å². The first-order chi connectivity index (χ1) is 5.65. The van der Waals surface area contributed by atoms with Gasteiger partial charge in [0.15, 0.2) is 0 Å². The van der Waals surface area contributed by atoms with E-state index in [1.54, 1.807) is 6.92 Å². The van der Waals surface area contributed by atoms with Crippen LogP contribution in [0.2, 0.25) is 0 Å². The largest absolute Gasteiger partial charge is 0.391 e. The van der Waals surface area contributed by atoms with Crippen LogP contribution in [0.3, 0.4) is 0 Å². The minimum absolute atomic E-state index is 0.0116. The lowest BCUT2D eigenvalue weighted by Crippen LogP contribution is -2.55. The Morgan fingerprint density at radius 3 is 2.92 bits per heavy atom. The zero-order valence-corrected chi connectivity index (χ0v) is 7.29. The van der Waals surface area contributed by atoms with Crippen molar-refractivity contribution in [3.8, 4) is 0 Å². The van der Waals surface area contributed by atoms with Gasteiger partial charge in [-0.25, -0.2) is 4.79 Å². The molecule has 1 aliphatic rings. The van der Waals surface area contributed by atoms with E-state index < -0.39 is 6.10 Å². The molecule has 0 aromatic carbocycles. The molecule has 0 saturated carbocycles. The maximum Gasteiger partial charge on any atom is 0.147 e. The number of aliphatic hydroxyl groups is 1. The predicted molar refractivity (Wildman–Crippen MR) is 45.3 cm³/mol.